The highest BCUT2D eigenvalue weighted by molar-refractivity contribution is 7.07. The molecule has 8 heteroatoms. The molecule has 0 fully saturated rings. The Labute approximate surface area is 193 Å². The molecule has 0 bridgehead atoms. The summed E-state index contributed by atoms with van der Waals surface area (Å²) in [5.41, 5.74) is 1.85. The van der Waals surface area contributed by atoms with Gasteiger partial charge in [0.1, 0.15) is 18.2 Å². The number of carbonyl (C=O) groups excluding carboxylic acids is 1. The molecule has 168 valence electrons. The third-order valence-electron chi connectivity index (χ3n) is 5.17. The Hall–Kier alpha value is -3.78. The summed E-state index contributed by atoms with van der Waals surface area (Å²) in [6, 6.07) is 12.3. The zero-order valence-electron chi connectivity index (χ0n) is 18.1. The number of fused-ring (bicyclic) bond motifs is 1. The number of halogens is 1. The first-order valence-electron chi connectivity index (χ1n) is 10.1. The van der Waals surface area contributed by atoms with Crippen LogP contribution in [0.1, 0.15) is 24.1 Å². The number of ether oxygens (including phenoxy) is 2. The van der Waals surface area contributed by atoms with E-state index >= 15 is 0 Å². The van der Waals surface area contributed by atoms with Gasteiger partial charge in [0.05, 0.1) is 29.0 Å². The Morgan fingerprint density at radius 2 is 1.91 bits per heavy atom. The van der Waals surface area contributed by atoms with Gasteiger partial charge in [-0.2, -0.15) is 0 Å². The fourth-order valence-electron chi connectivity index (χ4n) is 3.61. The quantitative estimate of drug-likeness (QED) is 0.415. The Morgan fingerprint density at radius 3 is 2.55 bits per heavy atom. The van der Waals surface area contributed by atoms with Crippen LogP contribution in [0.3, 0.4) is 0 Å². The Kier molecular flexibility index (Phi) is 6.37. The first kappa shape index (κ1) is 22.4. The number of nitrogens with zero attached hydrogens (tertiary/aromatic N) is 2. The van der Waals surface area contributed by atoms with Crippen LogP contribution in [0.5, 0.6) is 5.75 Å². The predicted molar refractivity (Wildman–Crippen MR) is 124 cm³/mol. The summed E-state index contributed by atoms with van der Waals surface area (Å²) in [7, 11) is 1.57. The SMILES string of the molecule is C=CCOC(=O)C1=C(C)N=c2s/c(=C/c3ccc(F)cc3)c(=O)n2[C@H]1c1ccc(OC)cc1. The van der Waals surface area contributed by atoms with E-state index in [0.29, 0.717) is 31.9 Å². The standard InChI is InChI=1S/C25H21FN2O4S/c1-4-13-32-24(30)21-15(2)27-25-28(22(21)17-7-11-19(31-3)12-8-17)23(29)20(33-25)14-16-5-9-18(26)10-6-16/h4-12,14,22H,1,13H2,2-3H3/b20-14+/t22-/m0/s1. The van der Waals surface area contributed by atoms with Gasteiger partial charge in [-0.15, -0.1) is 0 Å². The highest BCUT2D eigenvalue weighted by atomic mass is 32.1. The van der Waals surface area contributed by atoms with E-state index in [9.17, 15) is 14.0 Å². The fraction of sp³-hybridized carbons (Fsp3) is 0.160. The molecule has 1 aromatic heterocycles. The summed E-state index contributed by atoms with van der Waals surface area (Å²) in [4.78, 5) is 31.4. The number of esters is 1. The van der Waals surface area contributed by atoms with Crippen molar-refractivity contribution in [3.63, 3.8) is 0 Å². The van der Waals surface area contributed by atoms with Crippen LogP contribution in [0, 0.1) is 5.82 Å². The van der Waals surface area contributed by atoms with Crippen molar-refractivity contribution in [3.8, 4) is 5.75 Å². The molecule has 0 aliphatic carbocycles. The molecule has 0 spiro atoms. The minimum Gasteiger partial charge on any atom is -0.497 e. The smallest absolute Gasteiger partial charge is 0.338 e. The Balaban J connectivity index is 1.91. The highest BCUT2D eigenvalue weighted by Crippen LogP contribution is 2.31. The van der Waals surface area contributed by atoms with E-state index in [1.807, 2.05) is 0 Å². The van der Waals surface area contributed by atoms with Crippen LogP contribution in [0.4, 0.5) is 4.39 Å². The van der Waals surface area contributed by atoms with Gasteiger partial charge < -0.3 is 9.47 Å². The molecule has 0 saturated heterocycles. The van der Waals surface area contributed by atoms with Crippen molar-refractivity contribution in [3.05, 3.63) is 109 Å². The Bertz CT molecular complexity index is 1420. The van der Waals surface area contributed by atoms with E-state index in [-0.39, 0.29) is 23.6 Å². The lowest BCUT2D eigenvalue weighted by Gasteiger charge is -2.24. The van der Waals surface area contributed by atoms with E-state index in [2.05, 4.69) is 11.6 Å². The number of hydrogen-bond acceptors (Lipinski definition) is 6. The van der Waals surface area contributed by atoms with Crippen molar-refractivity contribution in [1.29, 1.82) is 0 Å². The van der Waals surface area contributed by atoms with E-state index < -0.39 is 12.0 Å². The van der Waals surface area contributed by atoms with Gasteiger partial charge in [0.15, 0.2) is 4.80 Å². The maximum absolute atomic E-state index is 13.5. The average molecular weight is 465 g/mol. The van der Waals surface area contributed by atoms with Crippen LogP contribution in [-0.2, 0) is 9.53 Å². The molecule has 33 heavy (non-hydrogen) atoms. The van der Waals surface area contributed by atoms with Crippen LogP contribution >= 0.6 is 11.3 Å². The molecule has 0 saturated carbocycles. The average Bonchev–Trinajstić information content (AvgIpc) is 3.12. The monoisotopic (exact) mass is 464 g/mol. The van der Waals surface area contributed by atoms with Crippen LogP contribution in [0.2, 0.25) is 0 Å². The summed E-state index contributed by atoms with van der Waals surface area (Å²) in [6.07, 6.45) is 3.16. The third-order valence-corrected chi connectivity index (χ3v) is 6.16. The van der Waals surface area contributed by atoms with Crippen LogP contribution in [-0.4, -0.2) is 24.3 Å². The van der Waals surface area contributed by atoms with Gasteiger partial charge in [0.2, 0.25) is 0 Å². The zero-order valence-corrected chi connectivity index (χ0v) is 18.9. The van der Waals surface area contributed by atoms with Crippen LogP contribution in [0.15, 0.2) is 82.2 Å². The lowest BCUT2D eigenvalue weighted by atomic mass is 9.96. The maximum atomic E-state index is 13.5. The van der Waals surface area contributed by atoms with Crippen molar-refractivity contribution >= 4 is 23.4 Å². The second-order valence-electron chi connectivity index (χ2n) is 7.29. The molecule has 1 atom stereocenters. The second-order valence-corrected chi connectivity index (χ2v) is 8.30. The van der Waals surface area contributed by atoms with E-state index in [4.69, 9.17) is 9.47 Å². The number of hydrogen-bond donors (Lipinski definition) is 0. The molecule has 0 amide bonds. The van der Waals surface area contributed by atoms with Crippen molar-refractivity contribution in [2.24, 2.45) is 4.99 Å². The lowest BCUT2D eigenvalue weighted by Crippen LogP contribution is -2.39. The number of thiazole rings is 1. The first-order valence-corrected chi connectivity index (χ1v) is 10.9. The summed E-state index contributed by atoms with van der Waals surface area (Å²) in [5.74, 6) is -0.268. The van der Waals surface area contributed by atoms with Gasteiger partial charge in [-0.05, 0) is 48.4 Å². The number of allylic oxidation sites excluding steroid dienone is 1. The van der Waals surface area contributed by atoms with Crippen molar-refractivity contribution in [2.75, 3.05) is 13.7 Å². The fourth-order valence-corrected chi connectivity index (χ4v) is 4.65. The molecule has 0 unspecified atom stereocenters. The van der Waals surface area contributed by atoms with Crippen molar-refractivity contribution < 1.29 is 18.7 Å². The summed E-state index contributed by atoms with van der Waals surface area (Å²) in [6.45, 7) is 5.34. The zero-order chi connectivity index (χ0) is 23.5. The molecule has 6 nitrogen and oxygen atoms in total. The maximum Gasteiger partial charge on any atom is 0.338 e. The number of rotatable bonds is 6. The topological polar surface area (TPSA) is 69.9 Å². The molecule has 3 aromatic rings. The molecule has 2 heterocycles. The third kappa shape index (κ3) is 4.42. The first-order chi connectivity index (χ1) is 15.9. The highest BCUT2D eigenvalue weighted by Gasteiger charge is 2.33. The number of carbonyl (C=O) groups is 1. The van der Waals surface area contributed by atoms with Crippen LogP contribution < -0.4 is 19.6 Å². The van der Waals surface area contributed by atoms with E-state index in [1.54, 1.807) is 56.5 Å². The molecule has 2 aromatic carbocycles. The predicted octanol–water partition coefficient (Wildman–Crippen LogP) is 3.11. The van der Waals surface area contributed by atoms with Gasteiger partial charge in [0, 0.05) is 0 Å². The number of benzene rings is 2. The number of methoxy groups -OCH3 is 1. The minimum atomic E-state index is -0.722. The van der Waals surface area contributed by atoms with Gasteiger partial charge in [-0.3, -0.25) is 9.36 Å². The minimum absolute atomic E-state index is 0.0416. The van der Waals surface area contributed by atoms with Crippen molar-refractivity contribution in [1.82, 2.24) is 4.57 Å². The molecule has 0 radical (unpaired) electrons. The molecular weight excluding hydrogens is 443 g/mol. The van der Waals surface area contributed by atoms with Gasteiger partial charge >= 0.3 is 5.97 Å². The van der Waals surface area contributed by atoms with E-state index in [1.165, 1.54) is 34.1 Å². The summed E-state index contributed by atoms with van der Waals surface area (Å²) >= 11 is 1.21. The summed E-state index contributed by atoms with van der Waals surface area (Å²) < 4.78 is 25.8. The summed E-state index contributed by atoms with van der Waals surface area (Å²) in [5, 5.41) is 0. The van der Waals surface area contributed by atoms with Gasteiger partial charge in [-0.1, -0.05) is 48.3 Å². The van der Waals surface area contributed by atoms with E-state index in [0.717, 1.165) is 0 Å². The van der Waals surface area contributed by atoms with Crippen LogP contribution in [0.25, 0.3) is 6.08 Å². The molecular formula is C25H21FN2O4S. The molecule has 4 rings (SSSR count). The molecule has 0 N–H and O–H groups in total. The Morgan fingerprint density at radius 1 is 1.21 bits per heavy atom. The number of aromatic nitrogens is 1. The van der Waals surface area contributed by atoms with Gasteiger partial charge in [0.25, 0.3) is 5.56 Å². The lowest BCUT2D eigenvalue weighted by molar-refractivity contribution is -0.138. The molecule has 1 aliphatic heterocycles. The second kappa shape index (κ2) is 9.38. The molecule has 1 aliphatic rings. The largest absolute Gasteiger partial charge is 0.497 e. The van der Waals surface area contributed by atoms with Gasteiger partial charge in [-0.25, -0.2) is 14.2 Å². The van der Waals surface area contributed by atoms with Crippen molar-refractivity contribution in [2.45, 2.75) is 13.0 Å². The normalized spacial score (nSPS) is 15.6.